The fourth-order valence-electron chi connectivity index (χ4n) is 2.62. The van der Waals surface area contributed by atoms with E-state index < -0.39 is 0 Å². The van der Waals surface area contributed by atoms with E-state index in [1.807, 2.05) is 36.2 Å². The molecule has 3 heterocycles. The Morgan fingerprint density at radius 1 is 1.29 bits per heavy atom. The van der Waals surface area contributed by atoms with Gasteiger partial charge in [0, 0.05) is 44.1 Å². The van der Waals surface area contributed by atoms with E-state index in [0.717, 1.165) is 5.39 Å². The molecule has 1 amide bonds. The van der Waals surface area contributed by atoms with Gasteiger partial charge in [-0.1, -0.05) is 0 Å². The lowest BCUT2D eigenvalue weighted by Crippen LogP contribution is -2.31. The molecule has 3 rings (SSSR count). The van der Waals surface area contributed by atoms with Crippen molar-refractivity contribution in [2.45, 2.75) is 11.6 Å². The van der Waals surface area contributed by atoms with E-state index in [1.165, 1.54) is 11.8 Å². The first-order chi connectivity index (χ1) is 11.6. The number of aryl methyl sites for hydroxylation is 1. The predicted octanol–water partition coefficient (Wildman–Crippen LogP) is 1.89. The van der Waals surface area contributed by atoms with Gasteiger partial charge < -0.3 is 14.5 Å². The SMILES string of the molecule is CSc1ncccc1C(=O)NCCn1ccc2ccn(C)c2c1=O. The van der Waals surface area contributed by atoms with Gasteiger partial charge in [0.2, 0.25) is 0 Å². The summed E-state index contributed by atoms with van der Waals surface area (Å²) in [7, 11) is 1.85. The highest BCUT2D eigenvalue weighted by molar-refractivity contribution is 7.98. The van der Waals surface area contributed by atoms with Gasteiger partial charge in [0.05, 0.1) is 5.56 Å². The summed E-state index contributed by atoms with van der Waals surface area (Å²) < 4.78 is 3.43. The first-order valence-electron chi connectivity index (χ1n) is 7.53. The number of carbonyl (C=O) groups is 1. The highest BCUT2D eigenvalue weighted by Gasteiger charge is 2.11. The molecule has 0 fully saturated rings. The minimum absolute atomic E-state index is 0.0552. The largest absolute Gasteiger partial charge is 0.350 e. The van der Waals surface area contributed by atoms with Gasteiger partial charge in [-0.05, 0) is 30.5 Å². The number of rotatable bonds is 5. The van der Waals surface area contributed by atoms with Crippen molar-refractivity contribution in [2.24, 2.45) is 7.05 Å². The summed E-state index contributed by atoms with van der Waals surface area (Å²) in [6.07, 6.45) is 7.17. The molecular formula is C17H18N4O2S. The number of pyridine rings is 2. The number of nitrogens with zero attached hydrogens (tertiary/aromatic N) is 3. The summed E-state index contributed by atoms with van der Waals surface area (Å²) in [4.78, 5) is 28.9. The molecule has 1 N–H and O–H groups in total. The van der Waals surface area contributed by atoms with Crippen LogP contribution in [-0.4, -0.2) is 32.8 Å². The second kappa shape index (κ2) is 6.92. The molecule has 3 aromatic heterocycles. The van der Waals surface area contributed by atoms with Crippen molar-refractivity contribution < 1.29 is 4.79 Å². The Kier molecular flexibility index (Phi) is 4.71. The zero-order valence-corrected chi connectivity index (χ0v) is 14.3. The van der Waals surface area contributed by atoms with E-state index in [1.54, 1.807) is 29.1 Å². The first-order valence-corrected chi connectivity index (χ1v) is 8.76. The Morgan fingerprint density at radius 3 is 2.88 bits per heavy atom. The van der Waals surface area contributed by atoms with Crippen molar-refractivity contribution in [1.82, 2.24) is 19.4 Å². The van der Waals surface area contributed by atoms with Crippen molar-refractivity contribution in [2.75, 3.05) is 12.8 Å². The number of hydrogen-bond acceptors (Lipinski definition) is 4. The lowest BCUT2D eigenvalue weighted by Gasteiger charge is -2.09. The highest BCUT2D eigenvalue weighted by Crippen LogP contribution is 2.16. The zero-order chi connectivity index (χ0) is 17.1. The fourth-order valence-corrected chi connectivity index (χ4v) is 3.17. The van der Waals surface area contributed by atoms with E-state index in [2.05, 4.69) is 10.3 Å². The van der Waals surface area contributed by atoms with Crippen molar-refractivity contribution in [1.29, 1.82) is 0 Å². The van der Waals surface area contributed by atoms with Crippen LogP contribution in [-0.2, 0) is 13.6 Å². The van der Waals surface area contributed by atoms with Gasteiger partial charge >= 0.3 is 0 Å². The molecule has 3 aromatic rings. The zero-order valence-electron chi connectivity index (χ0n) is 13.5. The number of amides is 1. The Morgan fingerprint density at radius 2 is 2.08 bits per heavy atom. The monoisotopic (exact) mass is 342 g/mol. The van der Waals surface area contributed by atoms with E-state index in [0.29, 0.717) is 29.2 Å². The fraction of sp³-hybridized carbons (Fsp3) is 0.235. The Labute approximate surface area is 143 Å². The summed E-state index contributed by atoms with van der Waals surface area (Å²) >= 11 is 1.43. The third-order valence-electron chi connectivity index (χ3n) is 3.85. The molecule has 0 radical (unpaired) electrons. The van der Waals surface area contributed by atoms with Crippen molar-refractivity contribution in [3.8, 4) is 0 Å². The lowest BCUT2D eigenvalue weighted by atomic mass is 10.2. The molecule has 6 nitrogen and oxygen atoms in total. The number of thioether (sulfide) groups is 1. The number of aromatic nitrogens is 3. The van der Waals surface area contributed by atoms with E-state index in [9.17, 15) is 9.59 Å². The summed E-state index contributed by atoms with van der Waals surface area (Å²) in [5, 5.41) is 4.46. The Bertz CT molecular complexity index is 945. The van der Waals surface area contributed by atoms with Crippen molar-refractivity contribution >= 4 is 28.6 Å². The smallest absolute Gasteiger partial charge is 0.275 e. The van der Waals surface area contributed by atoms with Crippen LogP contribution in [0.2, 0.25) is 0 Å². The highest BCUT2D eigenvalue weighted by atomic mass is 32.2. The number of hydrogen-bond donors (Lipinski definition) is 1. The topological polar surface area (TPSA) is 68.9 Å². The lowest BCUT2D eigenvalue weighted by molar-refractivity contribution is 0.0948. The van der Waals surface area contributed by atoms with Crippen LogP contribution in [0.25, 0.3) is 10.9 Å². The van der Waals surface area contributed by atoms with Gasteiger partial charge in [-0.25, -0.2) is 4.98 Å². The molecule has 0 unspecified atom stereocenters. The molecule has 0 saturated heterocycles. The third-order valence-corrected chi connectivity index (χ3v) is 4.56. The molecule has 0 aliphatic heterocycles. The number of fused-ring (bicyclic) bond motifs is 1. The summed E-state index contributed by atoms with van der Waals surface area (Å²) in [5.74, 6) is -0.180. The molecule has 0 bridgehead atoms. The molecule has 7 heteroatoms. The second-order valence-electron chi connectivity index (χ2n) is 5.36. The Balaban J connectivity index is 1.71. The molecule has 0 atom stereocenters. The standard InChI is InChI=1S/C17H18N4O2S/c1-20-9-5-12-6-10-21(17(23)14(12)20)11-8-18-15(22)13-4-3-7-19-16(13)24-2/h3-7,9-10H,8,11H2,1-2H3,(H,18,22). The average Bonchev–Trinajstić information content (AvgIpc) is 2.98. The van der Waals surface area contributed by atoms with Crippen LogP contribution in [0.4, 0.5) is 0 Å². The second-order valence-corrected chi connectivity index (χ2v) is 6.16. The summed E-state index contributed by atoms with van der Waals surface area (Å²) in [6.45, 7) is 0.790. The average molecular weight is 342 g/mol. The summed E-state index contributed by atoms with van der Waals surface area (Å²) in [5.41, 5.74) is 1.16. The number of carbonyl (C=O) groups excluding carboxylic acids is 1. The third kappa shape index (κ3) is 3.07. The molecule has 0 saturated carbocycles. The molecule has 24 heavy (non-hydrogen) atoms. The predicted molar refractivity (Wildman–Crippen MR) is 95.5 cm³/mol. The van der Waals surface area contributed by atoms with Gasteiger partial charge in [0.1, 0.15) is 10.5 Å². The van der Waals surface area contributed by atoms with Crippen LogP contribution in [0, 0.1) is 0 Å². The van der Waals surface area contributed by atoms with Gasteiger partial charge in [0.15, 0.2) is 0 Å². The molecule has 0 aliphatic rings. The van der Waals surface area contributed by atoms with Gasteiger partial charge in [0.25, 0.3) is 11.5 Å². The maximum atomic E-state index is 12.5. The van der Waals surface area contributed by atoms with Gasteiger partial charge in [-0.15, -0.1) is 11.8 Å². The van der Waals surface area contributed by atoms with Crippen molar-refractivity contribution in [3.63, 3.8) is 0 Å². The molecule has 0 aliphatic carbocycles. The van der Waals surface area contributed by atoms with Crippen LogP contribution in [0.1, 0.15) is 10.4 Å². The normalized spacial score (nSPS) is 10.9. The Hall–Kier alpha value is -2.54. The molecular weight excluding hydrogens is 324 g/mol. The minimum Gasteiger partial charge on any atom is -0.350 e. The first kappa shape index (κ1) is 16.3. The van der Waals surface area contributed by atoms with Crippen LogP contribution in [0.3, 0.4) is 0 Å². The van der Waals surface area contributed by atoms with Crippen molar-refractivity contribution in [3.05, 3.63) is 58.8 Å². The molecule has 0 spiro atoms. The molecule has 124 valence electrons. The van der Waals surface area contributed by atoms with Crippen LogP contribution in [0.5, 0.6) is 0 Å². The van der Waals surface area contributed by atoms with Gasteiger partial charge in [-0.2, -0.15) is 0 Å². The summed E-state index contributed by atoms with van der Waals surface area (Å²) in [6, 6.07) is 7.31. The van der Waals surface area contributed by atoms with Gasteiger partial charge in [-0.3, -0.25) is 9.59 Å². The van der Waals surface area contributed by atoms with Crippen LogP contribution in [0.15, 0.2) is 52.7 Å². The molecule has 0 aromatic carbocycles. The van der Waals surface area contributed by atoms with Crippen LogP contribution < -0.4 is 10.9 Å². The van der Waals surface area contributed by atoms with Crippen LogP contribution >= 0.6 is 11.8 Å². The quantitative estimate of drug-likeness (QED) is 0.719. The number of nitrogens with one attached hydrogen (secondary N) is 1. The van der Waals surface area contributed by atoms with E-state index >= 15 is 0 Å². The maximum Gasteiger partial charge on any atom is 0.275 e. The van der Waals surface area contributed by atoms with E-state index in [4.69, 9.17) is 0 Å². The van der Waals surface area contributed by atoms with E-state index in [-0.39, 0.29) is 11.5 Å². The minimum atomic E-state index is -0.180. The maximum absolute atomic E-state index is 12.5.